The van der Waals surface area contributed by atoms with Gasteiger partial charge in [0.1, 0.15) is 6.04 Å². The van der Waals surface area contributed by atoms with E-state index in [1.165, 1.54) is 0 Å². The zero-order valence-electron chi connectivity index (χ0n) is 16.9. The van der Waals surface area contributed by atoms with Gasteiger partial charge in [-0.2, -0.15) is 0 Å². The molecule has 152 valence electrons. The molecule has 3 atom stereocenters. The molecule has 0 spiro atoms. The highest BCUT2D eigenvalue weighted by Crippen LogP contribution is 2.40. The monoisotopic (exact) mass is 386 g/mol. The summed E-state index contributed by atoms with van der Waals surface area (Å²) in [5.41, 5.74) is 1.46. The lowest BCUT2D eigenvalue weighted by atomic mass is 9.84. The van der Waals surface area contributed by atoms with Gasteiger partial charge in [-0.25, -0.2) is 4.79 Å². The second-order valence-corrected chi connectivity index (χ2v) is 8.46. The van der Waals surface area contributed by atoms with E-state index in [0.717, 1.165) is 31.2 Å². The third kappa shape index (κ3) is 4.05. The Kier molecular flexibility index (Phi) is 6.06. The zero-order chi connectivity index (χ0) is 20.4. The standard InChI is InChI=1S/C22H30N2O4/c1-14(2)20(25)23(3)13-15-8-10-16(11-9-15)21(26)24-18-7-5-4-6-17(18)12-19(24)22(27)28/h8-11,14,17-19H,4-7,12-13H2,1-3H3,(H,27,28). The Balaban J connectivity index is 1.74. The number of nitrogens with zero attached hydrogens (tertiary/aromatic N) is 2. The third-order valence-electron chi connectivity index (χ3n) is 6.10. The summed E-state index contributed by atoms with van der Waals surface area (Å²) in [5, 5.41) is 9.64. The molecule has 2 amide bonds. The molecule has 0 radical (unpaired) electrons. The predicted molar refractivity (Wildman–Crippen MR) is 106 cm³/mol. The van der Waals surface area contributed by atoms with Crippen LogP contribution in [0.15, 0.2) is 24.3 Å². The molecule has 1 aliphatic heterocycles. The number of carboxylic acid groups (broad SMARTS) is 1. The summed E-state index contributed by atoms with van der Waals surface area (Å²) in [7, 11) is 1.77. The van der Waals surface area contributed by atoms with Gasteiger partial charge in [0, 0.05) is 31.1 Å². The summed E-state index contributed by atoms with van der Waals surface area (Å²) in [5.74, 6) is -0.788. The Bertz CT molecular complexity index is 743. The fraction of sp³-hybridized carbons (Fsp3) is 0.591. The third-order valence-corrected chi connectivity index (χ3v) is 6.10. The lowest BCUT2D eigenvalue weighted by Crippen LogP contribution is -2.46. The van der Waals surface area contributed by atoms with Crippen molar-refractivity contribution in [1.29, 1.82) is 0 Å². The van der Waals surface area contributed by atoms with Crippen LogP contribution in [0.1, 0.15) is 61.9 Å². The van der Waals surface area contributed by atoms with Crippen LogP contribution in [-0.4, -0.2) is 51.8 Å². The minimum Gasteiger partial charge on any atom is -0.480 e. The lowest BCUT2D eigenvalue weighted by molar-refractivity contribution is -0.141. The van der Waals surface area contributed by atoms with Crippen LogP contribution in [0.2, 0.25) is 0 Å². The number of likely N-dealkylation sites (tertiary alicyclic amines) is 1. The predicted octanol–water partition coefficient (Wildman–Crippen LogP) is 3.16. The quantitative estimate of drug-likeness (QED) is 0.843. The molecular formula is C22H30N2O4. The summed E-state index contributed by atoms with van der Waals surface area (Å²) in [4.78, 5) is 40.2. The minimum atomic E-state index is -0.909. The van der Waals surface area contributed by atoms with Crippen LogP contribution in [0, 0.1) is 11.8 Å². The molecule has 6 nitrogen and oxygen atoms in total. The maximum Gasteiger partial charge on any atom is 0.326 e. The highest BCUT2D eigenvalue weighted by Gasteiger charge is 2.47. The normalized spacial score (nSPS) is 24.1. The molecule has 2 aliphatic rings. The topological polar surface area (TPSA) is 77.9 Å². The number of amides is 2. The number of hydrogen-bond acceptors (Lipinski definition) is 3. The molecule has 1 saturated heterocycles. The van der Waals surface area contributed by atoms with Crippen LogP contribution in [-0.2, 0) is 16.1 Å². The zero-order valence-corrected chi connectivity index (χ0v) is 16.9. The summed E-state index contributed by atoms with van der Waals surface area (Å²) in [6, 6.07) is 6.51. The summed E-state index contributed by atoms with van der Waals surface area (Å²) in [6.45, 7) is 4.22. The van der Waals surface area contributed by atoms with Gasteiger partial charge in [-0.15, -0.1) is 0 Å². The Morgan fingerprint density at radius 3 is 2.39 bits per heavy atom. The van der Waals surface area contributed by atoms with Crippen molar-refractivity contribution >= 4 is 17.8 Å². The SMILES string of the molecule is CC(C)C(=O)N(C)Cc1ccc(C(=O)N2C(C(=O)O)CC3CCCCC32)cc1. The molecule has 1 aromatic rings. The van der Waals surface area contributed by atoms with E-state index in [1.54, 1.807) is 29.0 Å². The van der Waals surface area contributed by atoms with E-state index in [1.807, 2.05) is 26.0 Å². The van der Waals surface area contributed by atoms with E-state index >= 15 is 0 Å². The number of benzene rings is 1. The van der Waals surface area contributed by atoms with E-state index in [-0.39, 0.29) is 23.8 Å². The molecule has 1 aliphatic carbocycles. The van der Waals surface area contributed by atoms with E-state index < -0.39 is 12.0 Å². The fourth-order valence-corrected chi connectivity index (χ4v) is 4.67. The van der Waals surface area contributed by atoms with Gasteiger partial charge in [0.05, 0.1) is 0 Å². The molecule has 28 heavy (non-hydrogen) atoms. The molecule has 1 saturated carbocycles. The molecule has 2 fully saturated rings. The lowest BCUT2D eigenvalue weighted by Gasteiger charge is -2.33. The van der Waals surface area contributed by atoms with E-state index in [2.05, 4.69) is 0 Å². The average molecular weight is 386 g/mol. The van der Waals surface area contributed by atoms with Crippen LogP contribution in [0.25, 0.3) is 0 Å². The first-order chi connectivity index (χ1) is 13.3. The van der Waals surface area contributed by atoms with E-state index in [4.69, 9.17) is 0 Å². The van der Waals surface area contributed by atoms with Gasteiger partial charge in [-0.05, 0) is 42.9 Å². The molecule has 6 heteroatoms. The number of carbonyl (C=O) groups is 3. The first-order valence-electron chi connectivity index (χ1n) is 10.2. The maximum atomic E-state index is 13.1. The van der Waals surface area contributed by atoms with Crippen LogP contribution >= 0.6 is 0 Å². The van der Waals surface area contributed by atoms with Crippen LogP contribution in [0.5, 0.6) is 0 Å². The Labute approximate surface area is 166 Å². The van der Waals surface area contributed by atoms with Crippen LogP contribution in [0.3, 0.4) is 0 Å². The number of carboxylic acids is 1. The Hall–Kier alpha value is -2.37. The van der Waals surface area contributed by atoms with Gasteiger partial charge < -0.3 is 14.9 Å². The van der Waals surface area contributed by atoms with Crippen molar-refractivity contribution in [2.45, 2.75) is 64.6 Å². The van der Waals surface area contributed by atoms with Crippen molar-refractivity contribution in [1.82, 2.24) is 9.80 Å². The second kappa shape index (κ2) is 8.33. The number of hydrogen-bond donors (Lipinski definition) is 1. The molecule has 3 rings (SSSR count). The first-order valence-corrected chi connectivity index (χ1v) is 10.2. The number of rotatable bonds is 5. The van der Waals surface area contributed by atoms with Crippen molar-refractivity contribution in [3.8, 4) is 0 Å². The van der Waals surface area contributed by atoms with Gasteiger partial charge in [0.25, 0.3) is 5.91 Å². The number of carbonyl (C=O) groups excluding carboxylic acids is 2. The summed E-state index contributed by atoms with van der Waals surface area (Å²) < 4.78 is 0. The molecule has 0 bridgehead atoms. The first kappa shape index (κ1) is 20.4. The second-order valence-electron chi connectivity index (χ2n) is 8.46. The largest absolute Gasteiger partial charge is 0.480 e. The fourth-order valence-electron chi connectivity index (χ4n) is 4.67. The van der Waals surface area contributed by atoms with Crippen molar-refractivity contribution < 1.29 is 19.5 Å². The smallest absolute Gasteiger partial charge is 0.326 e. The Morgan fingerprint density at radius 1 is 1.14 bits per heavy atom. The molecule has 1 heterocycles. The van der Waals surface area contributed by atoms with Gasteiger partial charge in [0.2, 0.25) is 5.91 Å². The van der Waals surface area contributed by atoms with Crippen molar-refractivity contribution in [2.24, 2.45) is 11.8 Å². The maximum absolute atomic E-state index is 13.1. The van der Waals surface area contributed by atoms with E-state index in [0.29, 0.717) is 24.4 Å². The van der Waals surface area contributed by atoms with E-state index in [9.17, 15) is 19.5 Å². The minimum absolute atomic E-state index is 0.0387. The van der Waals surface area contributed by atoms with Gasteiger partial charge in [0.15, 0.2) is 0 Å². The summed E-state index contributed by atoms with van der Waals surface area (Å²) >= 11 is 0. The van der Waals surface area contributed by atoms with Crippen LogP contribution < -0.4 is 0 Å². The van der Waals surface area contributed by atoms with Crippen molar-refractivity contribution in [3.63, 3.8) is 0 Å². The van der Waals surface area contributed by atoms with Gasteiger partial charge in [-0.3, -0.25) is 9.59 Å². The van der Waals surface area contributed by atoms with Crippen molar-refractivity contribution in [2.75, 3.05) is 7.05 Å². The molecule has 1 N–H and O–H groups in total. The molecule has 1 aromatic carbocycles. The number of aliphatic carboxylic acids is 1. The van der Waals surface area contributed by atoms with Gasteiger partial charge in [-0.1, -0.05) is 38.8 Å². The highest BCUT2D eigenvalue weighted by atomic mass is 16.4. The van der Waals surface area contributed by atoms with Gasteiger partial charge >= 0.3 is 5.97 Å². The summed E-state index contributed by atoms with van der Waals surface area (Å²) in [6.07, 6.45) is 4.62. The van der Waals surface area contributed by atoms with Crippen LogP contribution in [0.4, 0.5) is 0 Å². The Morgan fingerprint density at radius 2 is 1.79 bits per heavy atom. The van der Waals surface area contributed by atoms with Crippen molar-refractivity contribution in [3.05, 3.63) is 35.4 Å². The average Bonchev–Trinajstić information content (AvgIpc) is 3.07. The molecule has 3 unspecified atom stereocenters. The highest BCUT2D eigenvalue weighted by molar-refractivity contribution is 5.97. The number of fused-ring (bicyclic) bond motifs is 1. The molecular weight excluding hydrogens is 356 g/mol. The molecule has 0 aromatic heterocycles.